The van der Waals surface area contributed by atoms with E-state index in [1.165, 1.54) is 5.56 Å². The van der Waals surface area contributed by atoms with Crippen LogP contribution in [0.3, 0.4) is 0 Å². The second-order valence-corrected chi connectivity index (χ2v) is 7.70. The van der Waals surface area contributed by atoms with Crippen molar-refractivity contribution in [3.05, 3.63) is 52.5 Å². The Kier molecular flexibility index (Phi) is 5.15. The van der Waals surface area contributed by atoms with Gasteiger partial charge in [-0.2, -0.15) is 0 Å². The molecule has 0 radical (unpaired) electrons. The Bertz CT molecular complexity index is 832. The molecule has 0 spiro atoms. The van der Waals surface area contributed by atoms with E-state index in [9.17, 15) is 4.79 Å². The van der Waals surface area contributed by atoms with Crippen LogP contribution < -0.4 is 10.5 Å². The van der Waals surface area contributed by atoms with E-state index in [0.717, 1.165) is 29.5 Å². The van der Waals surface area contributed by atoms with Crippen LogP contribution in [0.5, 0.6) is 5.75 Å². The molecule has 1 aliphatic carbocycles. The highest BCUT2D eigenvalue weighted by atomic mass is 35.5. The molecule has 2 N–H and O–H groups in total. The second-order valence-electron chi connectivity index (χ2n) is 7.30. The number of hydrogen-bond donors (Lipinski definition) is 1. The number of nitrogens with two attached hydrogens (primary N) is 1. The number of carbonyl (C=O) groups excluding carboxylic acids is 1. The molecule has 0 bridgehead atoms. The lowest BCUT2D eigenvalue weighted by molar-refractivity contribution is 0.0147. The topological polar surface area (TPSA) is 61.6 Å². The standard InChI is InChI=1S/C21H24ClNO3/c1-4-25-18-8-6-14(12-17(18)22)13-5-7-16-15(11-13)9-10-21(2,3)19(16)26-20(23)24/h5-8,11-12,19H,4,9-10H2,1-3H3,(H2,23,24). The van der Waals surface area contributed by atoms with E-state index in [1.54, 1.807) is 0 Å². The molecule has 26 heavy (non-hydrogen) atoms. The number of fused-ring (bicyclic) bond motifs is 1. The van der Waals surface area contributed by atoms with Gasteiger partial charge in [-0.05, 0) is 54.2 Å². The van der Waals surface area contributed by atoms with Crippen molar-refractivity contribution in [1.82, 2.24) is 0 Å². The maximum atomic E-state index is 11.3. The van der Waals surface area contributed by atoms with Crippen LogP contribution in [0.2, 0.25) is 5.02 Å². The summed E-state index contributed by atoms with van der Waals surface area (Å²) in [6.07, 6.45) is 0.783. The van der Waals surface area contributed by atoms with E-state index in [1.807, 2.05) is 37.3 Å². The zero-order valence-corrected chi connectivity index (χ0v) is 16.1. The fraction of sp³-hybridized carbons (Fsp3) is 0.381. The maximum Gasteiger partial charge on any atom is 0.405 e. The molecule has 0 saturated carbocycles. The van der Waals surface area contributed by atoms with E-state index in [4.69, 9.17) is 26.8 Å². The minimum atomic E-state index is -0.738. The Morgan fingerprint density at radius 2 is 1.92 bits per heavy atom. The van der Waals surface area contributed by atoms with Crippen molar-refractivity contribution in [2.45, 2.75) is 39.7 Å². The summed E-state index contributed by atoms with van der Waals surface area (Å²) in [6, 6.07) is 12.0. The third-order valence-electron chi connectivity index (χ3n) is 4.97. The van der Waals surface area contributed by atoms with Crippen LogP contribution >= 0.6 is 11.6 Å². The summed E-state index contributed by atoms with van der Waals surface area (Å²) < 4.78 is 10.9. The molecule has 0 aromatic heterocycles. The maximum absolute atomic E-state index is 11.3. The van der Waals surface area contributed by atoms with E-state index in [0.29, 0.717) is 17.4 Å². The number of aryl methyl sites for hydroxylation is 1. The minimum absolute atomic E-state index is 0.147. The molecule has 1 atom stereocenters. The van der Waals surface area contributed by atoms with E-state index >= 15 is 0 Å². The van der Waals surface area contributed by atoms with Crippen molar-refractivity contribution >= 4 is 17.7 Å². The van der Waals surface area contributed by atoms with Crippen LogP contribution in [0, 0.1) is 5.41 Å². The fourth-order valence-electron chi connectivity index (χ4n) is 3.56. The number of rotatable bonds is 4. The molecule has 2 aromatic carbocycles. The lowest BCUT2D eigenvalue weighted by atomic mass is 9.71. The number of amides is 1. The Morgan fingerprint density at radius 3 is 2.58 bits per heavy atom. The van der Waals surface area contributed by atoms with Gasteiger partial charge in [0.2, 0.25) is 0 Å². The Labute approximate surface area is 159 Å². The van der Waals surface area contributed by atoms with E-state index in [-0.39, 0.29) is 11.5 Å². The van der Waals surface area contributed by atoms with Crippen LogP contribution in [0.4, 0.5) is 4.79 Å². The van der Waals surface area contributed by atoms with Crippen LogP contribution in [-0.4, -0.2) is 12.7 Å². The van der Waals surface area contributed by atoms with Crippen LogP contribution in [0.1, 0.15) is 44.4 Å². The number of primary amides is 1. The van der Waals surface area contributed by atoms with Crippen molar-refractivity contribution in [3.63, 3.8) is 0 Å². The molecule has 0 saturated heterocycles. The van der Waals surface area contributed by atoms with Gasteiger partial charge in [0.15, 0.2) is 0 Å². The zero-order chi connectivity index (χ0) is 18.9. The molecule has 1 amide bonds. The molecule has 3 rings (SSSR count). The first kappa shape index (κ1) is 18.6. The molecule has 1 unspecified atom stereocenters. The van der Waals surface area contributed by atoms with Gasteiger partial charge in [0, 0.05) is 5.41 Å². The number of benzene rings is 2. The largest absolute Gasteiger partial charge is 0.492 e. The SMILES string of the molecule is CCOc1ccc(-c2ccc3c(c2)CCC(C)(C)C3OC(N)=O)cc1Cl. The number of hydrogen-bond acceptors (Lipinski definition) is 3. The van der Waals surface area contributed by atoms with E-state index < -0.39 is 6.09 Å². The van der Waals surface area contributed by atoms with Gasteiger partial charge in [-0.25, -0.2) is 4.79 Å². The summed E-state index contributed by atoms with van der Waals surface area (Å²) in [6.45, 7) is 6.71. The molecule has 0 heterocycles. The van der Waals surface area contributed by atoms with Crippen LogP contribution in [0.25, 0.3) is 11.1 Å². The molecule has 0 fully saturated rings. The number of carbonyl (C=O) groups is 1. The van der Waals surface area contributed by atoms with Gasteiger partial charge in [0.05, 0.1) is 11.6 Å². The third kappa shape index (κ3) is 3.65. The zero-order valence-electron chi connectivity index (χ0n) is 15.3. The monoisotopic (exact) mass is 373 g/mol. The molecule has 4 nitrogen and oxygen atoms in total. The normalized spacial score (nSPS) is 18.1. The molecular formula is C21H24ClNO3. The third-order valence-corrected chi connectivity index (χ3v) is 5.27. The first-order chi connectivity index (χ1) is 12.3. The summed E-state index contributed by atoms with van der Waals surface area (Å²) in [7, 11) is 0. The molecule has 1 aliphatic rings. The lowest BCUT2D eigenvalue weighted by Gasteiger charge is -2.39. The second kappa shape index (κ2) is 7.20. The van der Waals surface area contributed by atoms with Gasteiger partial charge < -0.3 is 15.2 Å². The summed E-state index contributed by atoms with van der Waals surface area (Å²) in [5.74, 6) is 0.688. The molecule has 2 aromatic rings. The van der Waals surface area contributed by atoms with Gasteiger partial charge in [0.25, 0.3) is 0 Å². The molecule has 138 valence electrons. The summed E-state index contributed by atoms with van der Waals surface area (Å²) >= 11 is 6.32. The van der Waals surface area contributed by atoms with E-state index in [2.05, 4.69) is 19.9 Å². The van der Waals surface area contributed by atoms with Crippen molar-refractivity contribution in [3.8, 4) is 16.9 Å². The predicted octanol–water partition coefficient (Wildman–Crippen LogP) is 5.51. The van der Waals surface area contributed by atoms with Crippen molar-refractivity contribution < 1.29 is 14.3 Å². The quantitative estimate of drug-likeness (QED) is 0.768. The first-order valence-corrected chi connectivity index (χ1v) is 9.21. The predicted molar refractivity (Wildman–Crippen MR) is 104 cm³/mol. The van der Waals surface area contributed by atoms with Gasteiger partial charge in [-0.15, -0.1) is 0 Å². The van der Waals surface area contributed by atoms with Gasteiger partial charge in [-0.3, -0.25) is 0 Å². The summed E-state index contributed by atoms with van der Waals surface area (Å²) in [4.78, 5) is 11.3. The summed E-state index contributed by atoms with van der Waals surface area (Å²) in [5.41, 5.74) is 9.45. The van der Waals surface area contributed by atoms with Gasteiger partial charge >= 0.3 is 6.09 Å². The summed E-state index contributed by atoms with van der Waals surface area (Å²) in [5, 5.41) is 0.596. The average Bonchev–Trinajstić information content (AvgIpc) is 2.59. The highest BCUT2D eigenvalue weighted by Crippen LogP contribution is 2.46. The van der Waals surface area contributed by atoms with Gasteiger partial charge in [0.1, 0.15) is 11.9 Å². The molecular weight excluding hydrogens is 350 g/mol. The van der Waals surface area contributed by atoms with Crippen LogP contribution in [0.15, 0.2) is 36.4 Å². The Balaban J connectivity index is 1.96. The van der Waals surface area contributed by atoms with Crippen molar-refractivity contribution in [2.24, 2.45) is 11.1 Å². The Morgan fingerprint density at radius 1 is 1.23 bits per heavy atom. The lowest BCUT2D eigenvalue weighted by Crippen LogP contribution is -2.33. The first-order valence-electron chi connectivity index (χ1n) is 8.83. The van der Waals surface area contributed by atoms with Gasteiger partial charge in [-0.1, -0.05) is 49.7 Å². The minimum Gasteiger partial charge on any atom is -0.492 e. The number of halogens is 1. The molecule has 5 heteroatoms. The average molecular weight is 374 g/mol. The number of ether oxygens (including phenoxy) is 2. The van der Waals surface area contributed by atoms with Crippen molar-refractivity contribution in [1.29, 1.82) is 0 Å². The molecule has 0 aliphatic heterocycles. The highest BCUT2D eigenvalue weighted by molar-refractivity contribution is 6.32. The van der Waals surface area contributed by atoms with Crippen LogP contribution in [-0.2, 0) is 11.2 Å². The highest BCUT2D eigenvalue weighted by Gasteiger charge is 2.38. The van der Waals surface area contributed by atoms with Crippen molar-refractivity contribution in [2.75, 3.05) is 6.61 Å². The fourth-order valence-corrected chi connectivity index (χ4v) is 3.79. The Hall–Kier alpha value is -2.20. The smallest absolute Gasteiger partial charge is 0.405 e.